The zero-order valence-corrected chi connectivity index (χ0v) is 15.1. The molecule has 2 atom stereocenters. The molecule has 130 valence electrons. The average molecular weight is 333 g/mol. The van der Waals surface area contributed by atoms with Crippen LogP contribution < -0.4 is 11.1 Å². The largest absolute Gasteiger partial charge is 0.378 e. The fraction of sp³-hybridized carbons (Fsp3) is 0.941. The van der Waals surface area contributed by atoms with Crippen molar-refractivity contribution in [2.24, 2.45) is 17.1 Å². The Morgan fingerprint density at radius 2 is 1.91 bits per heavy atom. The SMILES string of the molecule is CCOC1CC(N)(C(=O)NCCC2CCCCC2)C1(C)C.Cl. The lowest BCUT2D eigenvalue weighted by Crippen LogP contribution is -2.75. The van der Waals surface area contributed by atoms with Gasteiger partial charge in [0.1, 0.15) is 5.54 Å². The van der Waals surface area contributed by atoms with Gasteiger partial charge in [-0.3, -0.25) is 4.79 Å². The zero-order valence-electron chi connectivity index (χ0n) is 14.3. The molecule has 0 bridgehead atoms. The van der Waals surface area contributed by atoms with Crippen LogP contribution in [0.5, 0.6) is 0 Å². The van der Waals surface area contributed by atoms with Gasteiger partial charge in [-0.15, -0.1) is 12.4 Å². The van der Waals surface area contributed by atoms with Crippen molar-refractivity contribution in [1.82, 2.24) is 5.32 Å². The summed E-state index contributed by atoms with van der Waals surface area (Å²) >= 11 is 0. The number of carbonyl (C=O) groups is 1. The number of nitrogens with one attached hydrogen (secondary N) is 1. The van der Waals surface area contributed by atoms with Gasteiger partial charge in [-0.25, -0.2) is 0 Å². The first-order valence-electron chi connectivity index (χ1n) is 8.60. The van der Waals surface area contributed by atoms with Crippen LogP contribution >= 0.6 is 12.4 Å². The minimum absolute atomic E-state index is 0. The first-order valence-corrected chi connectivity index (χ1v) is 8.60. The molecule has 22 heavy (non-hydrogen) atoms. The van der Waals surface area contributed by atoms with Crippen LogP contribution in [0.3, 0.4) is 0 Å². The number of halogens is 1. The third kappa shape index (κ3) is 3.77. The normalized spacial score (nSPS) is 31.0. The molecule has 0 aromatic rings. The van der Waals surface area contributed by atoms with Gasteiger partial charge in [0.15, 0.2) is 0 Å². The molecule has 2 saturated carbocycles. The van der Waals surface area contributed by atoms with Crippen molar-refractivity contribution >= 4 is 18.3 Å². The number of amides is 1. The molecule has 3 N–H and O–H groups in total. The molecule has 2 rings (SSSR count). The summed E-state index contributed by atoms with van der Waals surface area (Å²) in [4.78, 5) is 12.5. The lowest BCUT2D eigenvalue weighted by atomic mass is 9.54. The summed E-state index contributed by atoms with van der Waals surface area (Å²) in [5, 5.41) is 3.07. The Kier molecular flexibility index (Phi) is 7.16. The van der Waals surface area contributed by atoms with Crippen molar-refractivity contribution in [2.75, 3.05) is 13.2 Å². The lowest BCUT2D eigenvalue weighted by Gasteiger charge is -2.57. The Bertz CT molecular complexity index is 370. The second-order valence-corrected chi connectivity index (χ2v) is 7.39. The topological polar surface area (TPSA) is 64.3 Å². The van der Waals surface area contributed by atoms with Gasteiger partial charge in [0.25, 0.3) is 0 Å². The van der Waals surface area contributed by atoms with Crippen molar-refractivity contribution in [3.63, 3.8) is 0 Å². The maximum atomic E-state index is 12.5. The Balaban J connectivity index is 0.00000242. The third-order valence-corrected chi connectivity index (χ3v) is 5.80. The summed E-state index contributed by atoms with van der Waals surface area (Å²) in [5.41, 5.74) is 5.30. The van der Waals surface area contributed by atoms with Crippen molar-refractivity contribution in [2.45, 2.75) is 77.4 Å². The molecule has 2 aliphatic rings. The van der Waals surface area contributed by atoms with Gasteiger partial charge in [0, 0.05) is 25.0 Å². The zero-order chi connectivity index (χ0) is 15.5. The number of nitrogens with two attached hydrogens (primary N) is 1. The summed E-state index contributed by atoms with van der Waals surface area (Å²) in [5.74, 6) is 0.789. The predicted octanol–water partition coefficient (Wildman–Crippen LogP) is 3.03. The summed E-state index contributed by atoms with van der Waals surface area (Å²) in [7, 11) is 0. The number of hydrogen-bond acceptors (Lipinski definition) is 3. The Labute approximate surface area is 141 Å². The quantitative estimate of drug-likeness (QED) is 0.785. The summed E-state index contributed by atoms with van der Waals surface area (Å²) in [6.45, 7) is 7.50. The average Bonchev–Trinajstić information content (AvgIpc) is 2.47. The van der Waals surface area contributed by atoms with Crippen LogP contribution in [0.2, 0.25) is 0 Å². The van der Waals surface area contributed by atoms with Crippen LogP contribution in [0, 0.1) is 11.3 Å². The van der Waals surface area contributed by atoms with Crippen LogP contribution in [-0.4, -0.2) is 30.7 Å². The van der Waals surface area contributed by atoms with Crippen LogP contribution in [0.1, 0.15) is 65.7 Å². The molecular weight excluding hydrogens is 300 g/mol. The van der Waals surface area contributed by atoms with Crippen molar-refractivity contribution < 1.29 is 9.53 Å². The smallest absolute Gasteiger partial charge is 0.240 e. The van der Waals surface area contributed by atoms with Crippen LogP contribution in [-0.2, 0) is 9.53 Å². The number of carbonyl (C=O) groups excluding carboxylic acids is 1. The fourth-order valence-electron chi connectivity index (χ4n) is 3.84. The molecule has 0 aromatic heterocycles. The maximum Gasteiger partial charge on any atom is 0.240 e. The third-order valence-electron chi connectivity index (χ3n) is 5.80. The van der Waals surface area contributed by atoms with Crippen LogP contribution in [0.4, 0.5) is 0 Å². The van der Waals surface area contributed by atoms with Crippen molar-refractivity contribution in [3.05, 3.63) is 0 Å². The van der Waals surface area contributed by atoms with Gasteiger partial charge in [-0.2, -0.15) is 0 Å². The van der Waals surface area contributed by atoms with E-state index in [4.69, 9.17) is 10.5 Å². The van der Waals surface area contributed by atoms with Gasteiger partial charge < -0.3 is 15.8 Å². The minimum atomic E-state index is -0.778. The van der Waals surface area contributed by atoms with Gasteiger partial charge in [0.2, 0.25) is 5.91 Å². The van der Waals surface area contributed by atoms with E-state index >= 15 is 0 Å². The van der Waals surface area contributed by atoms with Gasteiger partial charge in [-0.05, 0) is 19.3 Å². The van der Waals surface area contributed by atoms with Gasteiger partial charge in [-0.1, -0.05) is 46.0 Å². The Morgan fingerprint density at radius 1 is 1.27 bits per heavy atom. The highest BCUT2D eigenvalue weighted by molar-refractivity contribution is 5.88. The van der Waals surface area contributed by atoms with E-state index in [0.717, 1.165) is 18.9 Å². The van der Waals surface area contributed by atoms with E-state index in [1.54, 1.807) is 0 Å². The predicted molar refractivity (Wildman–Crippen MR) is 92.2 cm³/mol. The molecule has 2 unspecified atom stereocenters. The van der Waals surface area contributed by atoms with E-state index in [0.29, 0.717) is 13.0 Å². The molecule has 2 fully saturated rings. The first kappa shape index (κ1) is 19.7. The molecule has 0 aliphatic heterocycles. The van der Waals surface area contributed by atoms with Gasteiger partial charge >= 0.3 is 0 Å². The molecule has 5 heteroatoms. The molecule has 0 spiro atoms. The van der Waals surface area contributed by atoms with E-state index < -0.39 is 5.54 Å². The molecule has 4 nitrogen and oxygen atoms in total. The molecule has 0 saturated heterocycles. The lowest BCUT2D eigenvalue weighted by molar-refractivity contribution is -0.170. The summed E-state index contributed by atoms with van der Waals surface area (Å²) in [6, 6.07) is 0. The first-order chi connectivity index (χ1) is 9.91. The van der Waals surface area contributed by atoms with E-state index in [9.17, 15) is 4.79 Å². The highest BCUT2D eigenvalue weighted by Gasteiger charge is 2.62. The summed E-state index contributed by atoms with van der Waals surface area (Å²) < 4.78 is 5.68. The monoisotopic (exact) mass is 332 g/mol. The minimum Gasteiger partial charge on any atom is -0.378 e. The molecule has 1 amide bonds. The van der Waals surface area contributed by atoms with Crippen LogP contribution in [0.25, 0.3) is 0 Å². The Morgan fingerprint density at radius 3 is 2.45 bits per heavy atom. The molecule has 0 heterocycles. The van der Waals surface area contributed by atoms with E-state index in [1.807, 2.05) is 20.8 Å². The second-order valence-electron chi connectivity index (χ2n) is 7.39. The highest BCUT2D eigenvalue weighted by Crippen LogP contribution is 2.49. The maximum absolute atomic E-state index is 12.5. The van der Waals surface area contributed by atoms with E-state index in [1.165, 1.54) is 32.1 Å². The Hall–Kier alpha value is -0.320. The van der Waals surface area contributed by atoms with Crippen molar-refractivity contribution in [1.29, 1.82) is 0 Å². The number of hydrogen-bond donors (Lipinski definition) is 2. The molecule has 2 aliphatic carbocycles. The van der Waals surface area contributed by atoms with E-state index in [2.05, 4.69) is 5.32 Å². The van der Waals surface area contributed by atoms with Crippen LogP contribution in [0.15, 0.2) is 0 Å². The second kappa shape index (κ2) is 7.98. The fourth-order valence-corrected chi connectivity index (χ4v) is 3.84. The highest BCUT2D eigenvalue weighted by atomic mass is 35.5. The molecular formula is C17H33ClN2O2. The number of rotatable bonds is 6. The van der Waals surface area contributed by atoms with E-state index in [-0.39, 0.29) is 29.8 Å². The molecule has 0 aromatic carbocycles. The van der Waals surface area contributed by atoms with Crippen molar-refractivity contribution in [3.8, 4) is 0 Å². The molecule has 0 radical (unpaired) electrons. The number of ether oxygens (including phenoxy) is 1. The van der Waals surface area contributed by atoms with Gasteiger partial charge in [0.05, 0.1) is 6.10 Å². The standard InChI is InChI=1S/C17H32N2O2.ClH/c1-4-21-14-12-17(18,16(14,2)3)15(20)19-11-10-13-8-6-5-7-9-13;/h13-14H,4-12,18H2,1-3H3,(H,19,20);1H. The summed E-state index contributed by atoms with van der Waals surface area (Å²) in [6.07, 6.45) is 8.53.